The number of unbranched alkanes of at least 4 members (excludes halogenated alkanes) is 3. The molecular formula is C13H22N2O3. The topological polar surface area (TPSA) is 78.4 Å². The van der Waals surface area contributed by atoms with E-state index in [1.54, 1.807) is 24.6 Å². The molecule has 0 aromatic rings. The Hall–Kier alpha value is -1.62. The van der Waals surface area contributed by atoms with Gasteiger partial charge < -0.3 is 5.32 Å². The van der Waals surface area contributed by atoms with Crippen LogP contribution in [-0.4, -0.2) is 23.6 Å². The summed E-state index contributed by atoms with van der Waals surface area (Å²) in [5.41, 5.74) is 2.24. The number of hydrogen-bond donors (Lipinski definition) is 3. The molecule has 3 N–H and O–H groups in total. The number of carbonyl (C=O) groups excluding carboxylic acids is 2. The highest BCUT2D eigenvalue weighted by atomic mass is 16.5. The smallest absolute Gasteiger partial charge is 0.246 e. The molecule has 0 aliphatic rings. The van der Waals surface area contributed by atoms with Crippen molar-refractivity contribution in [3.63, 3.8) is 0 Å². The van der Waals surface area contributed by atoms with E-state index in [0.717, 1.165) is 25.7 Å². The van der Waals surface area contributed by atoms with Crippen LogP contribution in [0.1, 0.15) is 39.0 Å². The molecule has 5 heteroatoms. The lowest BCUT2D eigenvalue weighted by atomic mass is 10.1. The third kappa shape index (κ3) is 8.52. The average molecular weight is 254 g/mol. The van der Waals surface area contributed by atoms with E-state index in [4.69, 9.17) is 5.21 Å². The molecule has 0 rings (SSSR count). The van der Waals surface area contributed by atoms with Crippen molar-refractivity contribution in [1.29, 1.82) is 0 Å². The molecule has 0 aliphatic carbocycles. The van der Waals surface area contributed by atoms with E-state index < -0.39 is 0 Å². The van der Waals surface area contributed by atoms with E-state index in [1.807, 2.05) is 0 Å². The molecule has 0 fully saturated rings. The van der Waals surface area contributed by atoms with E-state index in [9.17, 15) is 9.59 Å². The number of carbonyl (C=O) groups is 2. The van der Waals surface area contributed by atoms with Gasteiger partial charge in [0.05, 0.1) is 0 Å². The fourth-order valence-corrected chi connectivity index (χ4v) is 1.41. The molecule has 0 heterocycles. The Morgan fingerprint density at radius 1 is 1.22 bits per heavy atom. The molecule has 0 aromatic heterocycles. The van der Waals surface area contributed by atoms with Crippen molar-refractivity contribution in [2.24, 2.45) is 0 Å². The molecule has 0 saturated heterocycles. The quantitative estimate of drug-likeness (QED) is 0.193. The molecule has 0 saturated carbocycles. The first-order valence-electron chi connectivity index (χ1n) is 6.12. The van der Waals surface area contributed by atoms with Gasteiger partial charge in [-0.25, -0.2) is 5.48 Å². The highest BCUT2D eigenvalue weighted by Gasteiger charge is 2.02. The van der Waals surface area contributed by atoms with Crippen molar-refractivity contribution >= 4 is 11.8 Å². The minimum Gasteiger partial charge on any atom is -0.352 e. The Morgan fingerprint density at radius 3 is 2.50 bits per heavy atom. The zero-order chi connectivity index (χ0) is 13.8. The first-order chi connectivity index (χ1) is 8.61. The van der Waals surface area contributed by atoms with Crippen molar-refractivity contribution in [3.8, 4) is 0 Å². The molecule has 0 atom stereocenters. The fourth-order valence-electron chi connectivity index (χ4n) is 1.41. The van der Waals surface area contributed by atoms with Gasteiger partial charge in [-0.2, -0.15) is 0 Å². The lowest BCUT2D eigenvalue weighted by molar-refractivity contribution is -0.129. The zero-order valence-corrected chi connectivity index (χ0v) is 10.9. The molecule has 0 spiro atoms. The Labute approximate surface area is 108 Å². The van der Waals surface area contributed by atoms with Crippen LogP contribution >= 0.6 is 0 Å². The van der Waals surface area contributed by atoms with Gasteiger partial charge in [-0.1, -0.05) is 31.6 Å². The zero-order valence-electron chi connectivity index (χ0n) is 10.9. The van der Waals surface area contributed by atoms with Gasteiger partial charge in [-0.3, -0.25) is 14.8 Å². The largest absolute Gasteiger partial charge is 0.352 e. The predicted molar refractivity (Wildman–Crippen MR) is 70.0 cm³/mol. The lowest BCUT2D eigenvalue weighted by Gasteiger charge is -2.05. The number of rotatable bonds is 9. The first-order valence-corrected chi connectivity index (χ1v) is 6.12. The van der Waals surface area contributed by atoms with Crippen LogP contribution in [0.5, 0.6) is 0 Å². The monoisotopic (exact) mass is 254 g/mol. The van der Waals surface area contributed by atoms with Crippen LogP contribution < -0.4 is 10.8 Å². The van der Waals surface area contributed by atoms with E-state index in [0.29, 0.717) is 18.5 Å². The predicted octanol–water partition coefficient (Wildman–Crippen LogP) is 1.69. The third-order valence-electron chi connectivity index (χ3n) is 2.47. The second-order valence-electron chi connectivity index (χ2n) is 4.04. The van der Waals surface area contributed by atoms with Gasteiger partial charge in [-0.05, 0) is 19.8 Å². The molecule has 18 heavy (non-hydrogen) atoms. The highest BCUT2D eigenvalue weighted by molar-refractivity contribution is 5.92. The molecular weight excluding hydrogens is 232 g/mol. The average Bonchev–Trinajstić information content (AvgIpc) is 2.37. The number of amides is 2. The summed E-state index contributed by atoms with van der Waals surface area (Å²) in [6.07, 6.45) is 7.07. The summed E-state index contributed by atoms with van der Waals surface area (Å²) in [7, 11) is 0. The maximum absolute atomic E-state index is 11.4. The number of hydrogen-bond acceptors (Lipinski definition) is 3. The maximum Gasteiger partial charge on any atom is 0.246 e. The summed E-state index contributed by atoms with van der Waals surface area (Å²) in [4.78, 5) is 22.1. The van der Waals surface area contributed by atoms with Crippen molar-refractivity contribution in [3.05, 3.63) is 24.3 Å². The van der Waals surface area contributed by atoms with Gasteiger partial charge in [0.15, 0.2) is 0 Å². The molecule has 0 radical (unpaired) electrons. The van der Waals surface area contributed by atoms with E-state index in [-0.39, 0.29) is 11.8 Å². The van der Waals surface area contributed by atoms with Crippen LogP contribution in [-0.2, 0) is 9.59 Å². The Bertz CT molecular complexity index is 311. The molecule has 5 nitrogen and oxygen atoms in total. The second kappa shape index (κ2) is 10.5. The third-order valence-corrected chi connectivity index (χ3v) is 2.47. The van der Waals surface area contributed by atoms with Gasteiger partial charge in [-0.15, -0.1) is 0 Å². The van der Waals surface area contributed by atoms with Gasteiger partial charge in [0, 0.05) is 18.5 Å². The van der Waals surface area contributed by atoms with Crippen molar-refractivity contribution in [2.75, 3.05) is 6.54 Å². The van der Waals surface area contributed by atoms with Crippen molar-refractivity contribution in [2.45, 2.75) is 39.0 Å². The first kappa shape index (κ1) is 16.4. The summed E-state index contributed by atoms with van der Waals surface area (Å²) < 4.78 is 0. The van der Waals surface area contributed by atoms with Gasteiger partial charge >= 0.3 is 0 Å². The van der Waals surface area contributed by atoms with Crippen LogP contribution in [0.25, 0.3) is 0 Å². The Kier molecular flexibility index (Phi) is 9.58. The van der Waals surface area contributed by atoms with Gasteiger partial charge in [0.25, 0.3) is 0 Å². The van der Waals surface area contributed by atoms with Crippen molar-refractivity contribution < 1.29 is 14.8 Å². The summed E-state index contributed by atoms with van der Waals surface area (Å²) >= 11 is 0. The minimum atomic E-state index is -0.353. The summed E-state index contributed by atoms with van der Waals surface area (Å²) in [5.74, 6) is -0.428. The SMILES string of the molecule is C=CC=C(C)C(=O)NCCCCCCC(=O)NO. The van der Waals surface area contributed by atoms with Crippen LogP contribution in [0.15, 0.2) is 24.3 Å². The Balaban J connectivity index is 3.46. The van der Waals surface area contributed by atoms with Gasteiger partial charge in [0.1, 0.15) is 0 Å². The molecule has 0 aliphatic heterocycles. The summed E-state index contributed by atoms with van der Waals surface area (Å²) in [6, 6.07) is 0. The molecule has 0 bridgehead atoms. The highest BCUT2D eigenvalue weighted by Crippen LogP contribution is 2.02. The standard InChI is InChI=1S/C13H22N2O3/c1-3-8-11(2)13(17)14-10-7-5-4-6-9-12(16)15-18/h3,8,18H,1,4-7,9-10H2,2H3,(H,14,17)(H,15,16). The molecule has 2 amide bonds. The van der Waals surface area contributed by atoms with Crippen molar-refractivity contribution in [1.82, 2.24) is 10.8 Å². The molecule has 102 valence electrons. The lowest BCUT2D eigenvalue weighted by Crippen LogP contribution is -2.25. The fraction of sp³-hybridized carbons (Fsp3) is 0.538. The molecule has 0 aromatic carbocycles. The molecule has 0 unspecified atom stereocenters. The van der Waals surface area contributed by atoms with Crippen LogP contribution in [0.2, 0.25) is 0 Å². The second-order valence-corrected chi connectivity index (χ2v) is 4.04. The van der Waals surface area contributed by atoms with Gasteiger partial charge in [0.2, 0.25) is 11.8 Å². The maximum atomic E-state index is 11.4. The van der Waals surface area contributed by atoms with Crippen LogP contribution in [0.4, 0.5) is 0 Å². The number of nitrogens with one attached hydrogen (secondary N) is 2. The summed E-state index contributed by atoms with van der Waals surface area (Å²) in [6.45, 7) is 5.90. The van der Waals surface area contributed by atoms with Crippen LogP contribution in [0, 0.1) is 0 Å². The van der Waals surface area contributed by atoms with E-state index >= 15 is 0 Å². The summed E-state index contributed by atoms with van der Waals surface area (Å²) in [5, 5.41) is 11.1. The van der Waals surface area contributed by atoms with E-state index in [1.165, 1.54) is 0 Å². The Morgan fingerprint density at radius 2 is 1.89 bits per heavy atom. The van der Waals surface area contributed by atoms with E-state index in [2.05, 4.69) is 11.9 Å². The normalized spacial score (nSPS) is 10.9. The van der Waals surface area contributed by atoms with Crippen LogP contribution in [0.3, 0.4) is 0 Å². The minimum absolute atomic E-state index is 0.0745. The number of allylic oxidation sites excluding steroid dienone is 2. The number of hydroxylamine groups is 1.